The van der Waals surface area contributed by atoms with E-state index in [0.29, 0.717) is 6.54 Å². The van der Waals surface area contributed by atoms with E-state index in [2.05, 4.69) is 15.3 Å². The van der Waals surface area contributed by atoms with Crippen LogP contribution in [0, 0.1) is 0 Å². The van der Waals surface area contributed by atoms with E-state index in [1.54, 1.807) is 0 Å². The summed E-state index contributed by atoms with van der Waals surface area (Å²) in [6, 6.07) is 7.93. The van der Waals surface area contributed by atoms with Crippen molar-refractivity contribution in [3.8, 4) is 0 Å². The lowest BCUT2D eigenvalue weighted by atomic mass is 9.82. The predicted octanol–water partition coefficient (Wildman–Crippen LogP) is 2.70. The first kappa shape index (κ1) is 12.4. The number of nitrogens with two attached hydrogens (primary N) is 1. The minimum absolute atomic E-state index is 0.00931. The second-order valence-electron chi connectivity index (χ2n) is 5.41. The summed E-state index contributed by atoms with van der Waals surface area (Å²) in [6.45, 7) is 0.654. The summed E-state index contributed by atoms with van der Waals surface area (Å²) in [4.78, 5) is 9.08. The number of para-hydroxylation sites is 2. The van der Waals surface area contributed by atoms with Gasteiger partial charge in [-0.15, -0.1) is 0 Å². The number of aromatic nitrogens is 2. The summed E-state index contributed by atoms with van der Waals surface area (Å²) in [5.41, 5.74) is 7.85. The van der Waals surface area contributed by atoms with Gasteiger partial charge in [-0.05, 0) is 25.0 Å². The van der Waals surface area contributed by atoms with Crippen LogP contribution in [0.2, 0.25) is 0 Å². The first-order valence-electron chi connectivity index (χ1n) is 7.01. The fourth-order valence-corrected chi connectivity index (χ4v) is 2.90. The lowest BCUT2D eigenvalue weighted by Gasteiger charge is -2.37. The quantitative estimate of drug-likeness (QED) is 0.886. The average Bonchev–Trinajstić information content (AvgIpc) is 2.48. The highest BCUT2D eigenvalue weighted by atomic mass is 15.1. The van der Waals surface area contributed by atoms with Crippen molar-refractivity contribution in [2.45, 2.75) is 37.6 Å². The Bertz CT molecular complexity index is 561. The van der Waals surface area contributed by atoms with Gasteiger partial charge in [-0.2, -0.15) is 0 Å². The van der Waals surface area contributed by atoms with Crippen molar-refractivity contribution in [2.75, 3.05) is 11.9 Å². The standard InChI is InChI=1S/C15H20N4/c16-11-15(8-4-1-5-9-15)19-14-10-17-12-6-2-3-7-13(12)18-14/h2-3,6-7,10H,1,4-5,8-9,11,16H2,(H,18,19). The van der Waals surface area contributed by atoms with Crippen molar-refractivity contribution < 1.29 is 0 Å². The first-order chi connectivity index (χ1) is 9.31. The second-order valence-corrected chi connectivity index (χ2v) is 5.41. The molecule has 1 aromatic heterocycles. The number of rotatable bonds is 3. The largest absolute Gasteiger partial charge is 0.362 e. The van der Waals surface area contributed by atoms with Gasteiger partial charge in [0.25, 0.3) is 0 Å². The molecule has 1 aliphatic carbocycles. The Morgan fingerprint density at radius 2 is 1.84 bits per heavy atom. The third-order valence-corrected chi connectivity index (χ3v) is 4.04. The Morgan fingerprint density at radius 1 is 1.11 bits per heavy atom. The van der Waals surface area contributed by atoms with Gasteiger partial charge >= 0.3 is 0 Å². The van der Waals surface area contributed by atoms with Crippen LogP contribution < -0.4 is 11.1 Å². The number of hydrogen-bond donors (Lipinski definition) is 2. The Morgan fingerprint density at radius 3 is 2.58 bits per heavy atom. The van der Waals surface area contributed by atoms with E-state index in [1.807, 2.05) is 30.5 Å². The molecule has 1 aliphatic rings. The summed E-state index contributed by atoms with van der Waals surface area (Å²) < 4.78 is 0. The molecule has 0 bridgehead atoms. The summed E-state index contributed by atoms with van der Waals surface area (Å²) in [5, 5.41) is 3.54. The lowest BCUT2D eigenvalue weighted by molar-refractivity contribution is 0.330. The van der Waals surface area contributed by atoms with Crippen LogP contribution in [0.3, 0.4) is 0 Å². The van der Waals surface area contributed by atoms with Crippen LogP contribution in [0.5, 0.6) is 0 Å². The van der Waals surface area contributed by atoms with Gasteiger partial charge in [0.15, 0.2) is 0 Å². The highest BCUT2D eigenvalue weighted by Crippen LogP contribution is 2.30. The SMILES string of the molecule is NCC1(Nc2cnc3ccccc3n2)CCCCC1. The molecule has 3 rings (SSSR count). The van der Waals surface area contributed by atoms with Crippen LogP contribution in [0.25, 0.3) is 11.0 Å². The summed E-state index contributed by atoms with van der Waals surface area (Å²) in [7, 11) is 0. The van der Waals surface area contributed by atoms with Gasteiger partial charge in [-0.25, -0.2) is 4.98 Å². The number of anilines is 1. The van der Waals surface area contributed by atoms with Crippen molar-refractivity contribution in [1.29, 1.82) is 0 Å². The Kier molecular flexibility index (Phi) is 3.34. The molecule has 2 aromatic rings. The maximum absolute atomic E-state index is 5.99. The lowest BCUT2D eigenvalue weighted by Crippen LogP contribution is -2.47. The smallest absolute Gasteiger partial charge is 0.145 e. The molecule has 0 radical (unpaired) electrons. The molecule has 0 spiro atoms. The number of benzene rings is 1. The normalized spacial score (nSPS) is 18.4. The van der Waals surface area contributed by atoms with E-state index in [0.717, 1.165) is 29.7 Å². The summed E-state index contributed by atoms with van der Waals surface area (Å²) in [5.74, 6) is 0.839. The molecule has 19 heavy (non-hydrogen) atoms. The molecule has 0 saturated heterocycles. The molecule has 1 heterocycles. The first-order valence-corrected chi connectivity index (χ1v) is 7.01. The van der Waals surface area contributed by atoms with E-state index in [9.17, 15) is 0 Å². The molecule has 4 heteroatoms. The van der Waals surface area contributed by atoms with Crippen molar-refractivity contribution >= 4 is 16.9 Å². The minimum Gasteiger partial charge on any atom is -0.362 e. The van der Waals surface area contributed by atoms with Crippen LogP contribution in [-0.4, -0.2) is 22.1 Å². The number of nitrogens with zero attached hydrogens (tertiary/aromatic N) is 2. The average molecular weight is 256 g/mol. The zero-order chi connectivity index (χ0) is 13.1. The zero-order valence-corrected chi connectivity index (χ0v) is 11.1. The van der Waals surface area contributed by atoms with Crippen molar-refractivity contribution in [1.82, 2.24) is 9.97 Å². The van der Waals surface area contributed by atoms with E-state index >= 15 is 0 Å². The van der Waals surface area contributed by atoms with Crippen LogP contribution in [0.4, 0.5) is 5.82 Å². The van der Waals surface area contributed by atoms with Crippen LogP contribution in [0.1, 0.15) is 32.1 Å². The van der Waals surface area contributed by atoms with Gasteiger partial charge in [-0.3, -0.25) is 4.98 Å². The van der Waals surface area contributed by atoms with E-state index in [-0.39, 0.29) is 5.54 Å². The number of fused-ring (bicyclic) bond motifs is 1. The Balaban J connectivity index is 1.87. The third-order valence-electron chi connectivity index (χ3n) is 4.04. The number of hydrogen-bond acceptors (Lipinski definition) is 4. The molecular formula is C15H20N4. The molecular weight excluding hydrogens is 236 g/mol. The molecule has 3 N–H and O–H groups in total. The van der Waals surface area contributed by atoms with Gasteiger partial charge in [-0.1, -0.05) is 31.4 Å². The van der Waals surface area contributed by atoms with Gasteiger partial charge in [0.05, 0.1) is 22.8 Å². The molecule has 1 aromatic carbocycles. The van der Waals surface area contributed by atoms with E-state index in [1.165, 1.54) is 19.3 Å². The van der Waals surface area contributed by atoms with Crippen molar-refractivity contribution in [3.63, 3.8) is 0 Å². The monoisotopic (exact) mass is 256 g/mol. The fraction of sp³-hybridized carbons (Fsp3) is 0.467. The highest BCUT2D eigenvalue weighted by molar-refractivity contribution is 5.75. The van der Waals surface area contributed by atoms with E-state index < -0.39 is 0 Å². The topological polar surface area (TPSA) is 63.8 Å². The highest BCUT2D eigenvalue weighted by Gasteiger charge is 2.30. The molecule has 1 saturated carbocycles. The second kappa shape index (κ2) is 5.13. The third kappa shape index (κ3) is 2.54. The van der Waals surface area contributed by atoms with Gasteiger partial charge in [0, 0.05) is 6.54 Å². The Hall–Kier alpha value is -1.68. The summed E-state index contributed by atoms with van der Waals surface area (Å²) in [6.07, 6.45) is 7.85. The fourth-order valence-electron chi connectivity index (χ4n) is 2.90. The Labute approximate surface area is 113 Å². The molecule has 4 nitrogen and oxygen atoms in total. The van der Waals surface area contributed by atoms with E-state index in [4.69, 9.17) is 5.73 Å². The van der Waals surface area contributed by atoms with Crippen molar-refractivity contribution in [3.05, 3.63) is 30.5 Å². The molecule has 0 aliphatic heterocycles. The van der Waals surface area contributed by atoms with Gasteiger partial charge < -0.3 is 11.1 Å². The summed E-state index contributed by atoms with van der Waals surface area (Å²) >= 11 is 0. The maximum atomic E-state index is 5.99. The van der Waals surface area contributed by atoms with Crippen LogP contribution in [0.15, 0.2) is 30.5 Å². The minimum atomic E-state index is 0.00931. The zero-order valence-electron chi connectivity index (χ0n) is 11.1. The molecule has 100 valence electrons. The predicted molar refractivity (Wildman–Crippen MR) is 78.0 cm³/mol. The van der Waals surface area contributed by atoms with Gasteiger partial charge in [0.2, 0.25) is 0 Å². The van der Waals surface area contributed by atoms with Crippen molar-refractivity contribution in [2.24, 2.45) is 5.73 Å². The van der Waals surface area contributed by atoms with Crippen LogP contribution >= 0.6 is 0 Å². The molecule has 0 amide bonds. The van der Waals surface area contributed by atoms with Gasteiger partial charge in [0.1, 0.15) is 5.82 Å². The molecule has 0 unspecified atom stereocenters. The maximum Gasteiger partial charge on any atom is 0.145 e. The number of nitrogens with one attached hydrogen (secondary N) is 1. The molecule has 0 atom stereocenters. The van der Waals surface area contributed by atoms with Crippen LogP contribution in [-0.2, 0) is 0 Å². The molecule has 1 fully saturated rings.